The summed E-state index contributed by atoms with van der Waals surface area (Å²) in [7, 11) is 0. The van der Waals surface area contributed by atoms with Crippen LogP contribution in [-0.2, 0) is 4.79 Å². The van der Waals surface area contributed by atoms with Crippen molar-refractivity contribution < 1.29 is 28.3 Å². The highest BCUT2D eigenvalue weighted by molar-refractivity contribution is 6.03. The summed E-state index contributed by atoms with van der Waals surface area (Å²) in [6.45, 7) is -0.130. The number of fused-ring (bicyclic) bond motifs is 2. The summed E-state index contributed by atoms with van der Waals surface area (Å²) >= 11 is 0. The molecule has 0 aromatic heterocycles. The zero-order valence-corrected chi connectivity index (χ0v) is 23.0. The van der Waals surface area contributed by atoms with Crippen LogP contribution in [0.1, 0.15) is 12.8 Å². The molecular weight excluding hydrogens is 554 g/mol. The van der Waals surface area contributed by atoms with Gasteiger partial charge in [0.05, 0.1) is 34.8 Å². The minimum Gasteiger partial charge on any atom is -0.480 e. The standard InChI is InChI=1S/C33H28F2N4O4/c34-25-15-7-9-17-27(25)39(28-18-10-8-16-26(28)35)32(42)36-21-24-19-20-29(30(36)31(40)41)38(24)33(43)37(22-11-3-1-4-12-22)23-13-5-2-6-14-23/h1-18,24,29-30H,19-21H2,(H,40,41)/t24-,29+,30-/m0/s1. The maximum Gasteiger partial charge on any atom is 0.330 e. The zero-order valence-electron chi connectivity index (χ0n) is 23.0. The number of nitrogens with zero attached hydrogens (tertiary/aromatic N) is 4. The first-order valence-corrected chi connectivity index (χ1v) is 13.9. The summed E-state index contributed by atoms with van der Waals surface area (Å²) in [6, 6.07) is 24.8. The van der Waals surface area contributed by atoms with Crippen molar-refractivity contribution in [3.05, 3.63) is 121 Å². The molecule has 0 spiro atoms. The lowest BCUT2D eigenvalue weighted by Crippen LogP contribution is -2.67. The van der Waals surface area contributed by atoms with Crippen LogP contribution in [0.3, 0.4) is 0 Å². The first-order valence-electron chi connectivity index (χ1n) is 13.9. The van der Waals surface area contributed by atoms with E-state index in [9.17, 15) is 19.5 Å². The van der Waals surface area contributed by atoms with Crippen LogP contribution < -0.4 is 9.80 Å². The minimum absolute atomic E-state index is 0.130. The largest absolute Gasteiger partial charge is 0.480 e. The van der Waals surface area contributed by atoms with E-state index in [1.807, 2.05) is 36.4 Å². The fourth-order valence-electron chi connectivity index (χ4n) is 6.11. The molecular formula is C33H28F2N4O4. The number of hydrogen-bond donors (Lipinski definition) is 1. The predicted molar refractivity (Wildman–Crippen MR) is 158 cm³/mol. The maximum atomic E-state index is 15.1. The van der Waals surface area contributed by atoms with Crippen LogP contribution >= 0.6 is 0 Å². The highest BCUT2D eigenvalue weighted by Gasteiger charge is 2.54. The van der Waals surface area contributed by atoms with Gasteiger partial charge < -0.3 is 14.9 Å². The summed E-state index contributed by atoms with van der Waals surface area (Å²) in [4.78, 5) is 46.5. The average Bonchev–Trinajstić information content (AvgIpc) is 3.32. The number of urea groups is 2. The number of carbonyl (C=O) groups excluding carboxylic acids is 2. The number of hydrogen-bond acceptors (Lipinski definition) is 3. The SMILES string of the molecule is O=C(O)[C@@H]1[C@H]2CC[C@@H](CN1C(=O)N(c1ccccc1F)c1ccccc1F)N2C(=O)N(c1ccccc1)c1ccccc1. The molecule has 3 atom stereocenters. The minimum atomic E-state index is -1.45. The molecule has 2 aliphatic heterocycles. The summed E-state index contributed by atoms with van der Waals surface area (Å²) in [5.74, 6) is -2.86. The quantitative estimate of drug-likeness (QED) is 0.281. The fourth-order valence-corrected chi connectivity index (χ4v) is 6.11. The number of carboxylic acids is 1. The summed E-state index contributed by atoms with van der Waals surface area (Å²) in [5.41, 5.74) is 0.779. The van der Waals surface area contributed by atoms with Gasteiger partial charge in [-0.3, -0.25) is 9.80 Å². The number of anilines is 4. The normalized spacial score (nSPS) is 19.2. The molecule has 43 heavy (non-hydrogen) atoms. The molecule has 4 aromatic carbocycles. The van der Waals surface area contributed by atoms with E-state index in [4.69, 9.17) is 0 Å². The summed E-state index contributed by atoms with van der Waals surface area (Å²) < 4.78 is 30.2. The zero-order chi connectivity index (χ0) is 30.1. The molecule has 0 saturated carbocycles. The van der Waals surface area contributed by atoms with Crippen molar-refractivity contribution in [2.45, 2.75) is 31.0 Å². The third kappa shape index (κ3) is 5.05. The lowest BCUT2D eigenvalue weighted by atomic mass is 10.0. The second-order valence-electron chi connectivity index (χ2n) is 10.5. The molecule has 2 heterocycles. The van der Waals surface area contributed by atoms with Gasteiger partial charge in [-0.25, -0.2) is 23.2 Å². The van der Waals surface area contributed by atoms with Gasteiger partial charge in [0.1, 0.15) is 11.6 Å². The molecule has 2 bridgehead atoms. The Morgan fingerprint density at radius 3 is 1.63 bits per heavy atom. The van der Waals surface area contributed by atoms with E-state index in [2.05, 4.69) is 0 Å². The molecule has 2 fully saturated rings. The Morgan fingerprint density at radius 1 is 0.651 bits per heavy atom. The van der Waals surface area contributed by atoms with Crippen molar-refractivity contribution in [2.24, 2.45) is 0 Å². The predicted octanol–water partition coefficient (Wildman–Crippen LogP) is 6.78. The fraction of sp³-hybridized carbons (Fsp3) is 0.182. The van der Waals surface area contributed by atoms with Gasteiger partial charge >= 0.3 is 18.0 Å². The highest BCUT2D eigenvalue weighted by atomic mass is 19.1. The van der Waals surface area contributed by atoms with Gasteiger partial charge in [0.15, 0.2) is 6.04 Å². The van der Waals surface area contributed by atoms with Crippen LogP contribution in [0.4, 0.5) is 41.1 Å². The number of piperazine rings is 1. The molecule has 10 heteroatoms. The maximum absolute atomic E-state index is 15.1. The van der Waals surface area contributed by atoms with Gasteiger partial charge in [-0.2, -0.15) is 0 Å². The molecule has 4 aromatic rings. The average molecular weight is 583 g/mol. The smallest absolute Gasteiger partial charge is 0.330 e. The van der Waals surface area contributed by atoms with Crippen molar-refractivity contribution in [1.29, 1.82) is 0 Å². The van der Waals surface area contributed by atoms with E-state index in [-0.39, 0.29) is 17.9 Å². The van der Waals surface area contributed by atoms with Crippen molar-refractivity contribution in [1.82, 2.24) is 9.80 Å². The topological polar surface area (TPSA) is 84.4 Å². The van der Waals surface area contributed by atoms with Crippen LogP contribution in [0.2, 0.25) is 0 Å². The van der Waals surface area contributed by atoms with Crippen LogP contribution in [0.15, 0.2) is 109 Å². The first kappa shape index (κ1) is 27.9. The molecule has 2 aliphatic rings. The molecule has 8 nitrogen and oxygen atoms in total. The number of likely N-dealkylation sites (tertiary alicyclic amines) is 1. The van der Waals surface area contributed by atoms with Crippen LogP contribution in [0, 0.1) is 11.6 Å². The number of aliphatic carboxylic acids is 1. The number of rotatable bonds is 5. The van der Waals surface area contributed by atoms with Crippen LogP contribution in [0.5, 0.6) is 0 Å². The van der Waals surface area contributed by atoms with Gasteiger partial charge in [-0.15, -0.1) is 0 Å². The molecule has 0 aliphatic carbocycles. The molecule has 2 saturated heterocycles. The van der Waals surface area contributed by atoms with Crippen molar-refractivity contribution in [2.75, 3.05) is 16.3 Å². The van der Waals surface area contributed by atoms with E-state index in [0.717, 1.165) is 21.9 Å². The van der Waals surface area contributed by atoms with E-state index in [0.29, 0.717) is 24.2 Å². The highest BCUT2D eigenvalue weighted by Crippen LogP contribution is 2.40. The van der Waals surface area contributed by atoms with Crippen molar-refractivity contribution in [3.8, 4) is 0 Å². The third-order valence-electron chi connectivity index (χ3n) is 7.97. The van der Waals surface area contributed by atoms with Gasteiger partial charge in [0.25, 0.3) is 0 Å². The summed E-state index contributed by atoms with van der Waals surface area (Å²) in [6.07, 6.45) is 0.800. The lowest BCUT2D eigenvalue weighted by Gasteiger charge is -2.47. The number of benzene rings is 4. The van der Waals surface area contributed by atoms with E-state index in [1.165, 1.54) is 41.3 Å². The van der Waals surface area contributed by atoms with Crippen molar-refractivity contribution in [3.63, 3.8) is 0 Å². The summed E-state index contributed by atoms with van der Waals surface area (Å²) in [5, 5.41) is 10.5. The third-order valence-corrected chi connectivity index (χ3v) is 7.97. The number of amides is 4. The first-order chi connectivity index (χ1) is 20.9. The molecule has 0 radical (unpaired) electrons. The molecule has 1 N–H and O–H groups in total. The number of carbonyl (C=O) groups is 3. The number of para-hydroxylation sites is 4. The van der Waals surface area contributed by atoms with Gasteiger partial charge in [0.2, 0.25) is 0 Å². The molecule has 6 rings (SSSR count). The molecule has 0 unspecified atom stereocenters. The number of carboxylic acid groups (broad SMARTS) is 1. The van der Waals surface area contributed by atoms with Gasteiger partial charge in [0, 0.05) is 6.54 Å². The van der Waals surface area contributed by atoms with Crippen LogP contribution in [-0.4, -0.2) is 57.6 Å². The Kier molecular flexibility index (Phi) is 7.50. The van der Waals surface area contributed by atoms with E-state index < -0.39 is 47.8 Å². The second kappa shape index (κ2) is 11.6. The lowest BCUT2D eigenvalue weighted by molar-refractivity contribution is -0.145. The Bertz CT molecular complexity index is 1570. The Morgan fingerprint density at radius 2 is 1.14 bits per heavy atom. The second-order valence-corrected chi connectivity index (χ2v) is 10.5. The van der Waals surface area contributed by atoms with E-state index >= 15 is 8.78 Å². The molecule has 218 valence electrons. The van der Waals surface area contributed by atoms with Gasteiger partial charge in [-0.1, -0.05) is 60.7 Å². The van der Waals surface area contributed by atoms with E-state index in [1.54, 1.807) is 29.2 Å². The molecule has 4 amide bonds. The van der Waals surface area contributed by atoms with Crippen LogP contribution in [0.25, 0.3) is 0 Å². The monoisotopic (exact) mass is 582 g/mol. The van der Waals surface area contributed by atoms with Gasteiger partial charge in [-0.05, 0) is 61.4 Å². The Labute approximate surface area is 247 Å². The Balaban J connectivity index is 1.39. The number of halogens is 2. The van der Waals surface area contributed by atoms with Crippen molar-refractivity contribution >= 4 is 40.8 Å². The Hall–Kier alpha value is -5.25.